The van der Waals surface area contributed by atoms with Crippen LogP contribution in [0.3, 0.4) is 0 Å². The summed E-state index contributed by atoms with van der Waals surface area (Å²) >= 11 is 0. The summed E-state index contributed by atoms with van der Waals surface area (Å²) in [6, 6.07) is 0. The fourth-order valence-corrected chi connectivity index (χ4v) is 4.77. The molecule has 0 aromatic rings. The molecular weight excluding hydrogens is 196 g/mol. The van der Waals surface area contributed by atoms with Gasteiger partial charge in [-0.3, -0.25) is 0 Å². The molecule has 0 spiro atoms. The Morgan fingerprint density at radius 2 is 1.56 bits per heavy atom. The van der Waals surface area contributed by atoms with Crippen LogP contribution in [-0.2, 0) is 4.74 Å². The fraction of sp³-hybridized carbons (Fsp3) is 0.933. The van der Waals surface area contributed by atoms with Gasteiger partial charge in [-0.2, -0.15) is 0 Å². The predicted octanol–water partition coefficient (Wildman–Crippen LogP) is 3.83. The predicted molar refractivity (Wildman–Crippen MR) is 66.0 cm³/mol. The largest absolute Gasteiger partial charge is 0.385 e. The van der Waals surface area contributed by atoms with E-state index in [0.29, 0.717) is 0 Å². The minimum absolute atomic E-state index is 0.952. The first-order valence-corrected chi connectivity index (χ1v) is 7.21. The van der Waals surface area contributed by atoms with Crippen LogP contribution in [0.4, 0.5) is 0 Å². The van der Waals surface area contributed by atoms with E-state index in [1.165, 1.54) is 19.3 Å². The summed E-state index contributed by atoms with van der Waals surface area (Å²) in [6.45, 7) is 0.952. The minimum Gasteiger partial charge on any atom is -0.385 e. The molecular formula is C15H25O. The average Bonchev–Trinajstić information content (AvgIpc) is 2.26. The molecule has 4 bridgehead atoms. The summed E-state index contributed by atoms with van der Waals surface area (Å²) < 4.78 is 5.14. The molecule has 4 saturated carbocycles. The van der Waals surface area contributed by atoms with E-state index in [2.05, 4.69) is 0 Å². The summed E-state index contributed by atoms with van der Waals surface area (Å²) in [6.07, 6.45) is 11.8. The first-order chi connectivity index (χ1) is 7.86. The topological polar surface area (TPSA) is 9.23 Å². The molecule has 16 heavy (non-hydrogen) atoms. The van der Waals surface area contributed by atoms with Crippen LogP contribution in [0.1, 0.15) is 51.4 Å². The molecule has 1 heteroatoms. The molecule has 0 amide bonds. The quantitative estimate of drug-likeness (QED) is 0.641. The van der Waals surface area contributed by atoms with Gasteiger partial charge in [-0.1, -0.05) is 6.42 Å². The third kappa shape index (κ3) is 2.03. The lowest BCUT2D eigenvalue weighted by molar-refractivity contribution is 0.0364. The summed E-state index contributed by atoms with van der Waals surface area (Å²) in [4.78, 5) is 0. The molecule has 0 atom stereocenters. The zero-order valence-electron chi connectivity index (χ0n) is 10.6. The van der Waals surface area contributed by atoms with Crippen LogP contribution in [0.15, 0.2) is 0 Å². The molecule has 0 unspecified atom stereocenters. The molecule has 4 aliphatic rings. The maximum atomic E-state index is 5.14. The number of hydrogen-bond acceptors (Lipinski definition) is 1. The maximum Gasteiger partial charge on any atom is 0.0462 e. The number of rotatable bonds is 5. The van der Waals surface area contributed by atoms with Gasteiger partial charge in [-0.25, -0.2) is 0 Å². The zero-order valence-corrected chi connectivity index (χ0v) is 10.6. The molecule has 0 aromatic heterocycles. The molecule has 4 aliphatic carbocycles. The van der Waals surface area contributed by atoms with Gasteiger partial charge in [0.05, 0.1) is 0 Å². The first-order valence-electron chi connectivity index (χ1n) is 7.21. The average molecular weight is 221 g/mol. The van der Waals surface area contributed by atoms with Crippen molar-refractivity contribution in [3.8, 4) is 0 Å². The van der Waals surface area contributed by atoms with Crippen molar-refractivity contribution in [2.45, 2.75) is 51.4 Å². The highest BCUT2D eigenvalue weighted by Crippen LogP contribution is 2.58. The number of methoxy groups -OCH3 is 1. The Morgan fingerprint density at radius 1 is 0.938 bits per heavy atom. The highest BCUT2D eigenvalue weighted by Gasteiger charge is 2.47. The van der Waals surface area contributed by atoms with Gasteiger partial charge in [0.1, 0.15) is 0 Å². The smallest absolute Gasteiger partial charge is 0.0462 e. The van der Waals surface area contributed by atoms with Gasteiger partial charge in [0.25, 0.3) is 0 Å². The van der Waals surface area contributed by atoms with E-state index in [9.17, 15) is 0 Å². The van der Waals surface area contributed by atoms with E-state index in [0.717, 1.165) is 30.3 Å². The molecule has 0 aromatic carbocycles. The molecule has 4 fully saturated rings. The lowest BCUT2D eigenvalue weighted by Crippen LogP contribution is -2.43. The van der Waals surface area contributed by atoms with E-state index in [-0.39, 0.29) is 0 Å². The Bertz CT molecular complexity index is 208. The summed E-state index contributed by atoms with van der Waals surface area (Å²) in [5.41, 5.74) is 0. The second kappa shape index (κ2) is 4.68. The van der Waals surface area contributed by atoms with E-state index in [4.69, 9.17) is 4.74 Å². The highest BCUT2D eigenvalue weighted by atomic mass is 16.5. The van der Waals surface area contributed by atoms with Gasteiger partial charge in [-0.05, 0) is 74.5 Å². The van der Waals surface area contributed by atoms with Crippen LogP contribution in [-0.4, -0.2) is 13.7 Å². The maximum absolute atomic E-state index is 5.14. The van der Waals surface area contributed by atoms with Gasteiger partial charge in [-0.15, -0.1) is 0 Å². The van der Waals surface area contributed by atoms with Crippen LogP contribution in [0.2, 0.25) is 0 Å². The third-order valence-corrected chi connectivity index (χ3v) is 5.25. The molecule has 91 valence electrons. The van der Waals surface area contributed by atoms with Crippen LogP contribution < -0.4 is 0 Å². The Hall–Kier alpha value is -0.0400. The van der Waals surface area contributed by atoms with Crippen LogP contribution in [0.5, 0.6) is 0 Å². The highest BCUT2D eigenvalue weighted by molar-refractivity contribution is 5.13. The second-order valence-electron chi connectivity index (χ2n) is 6.33. The summed E-state index contributed by atoms with van der Waals surface area (Å²) in [7, 11) is 1.82. The Labute approximate surface area is 99.9 Å². The molecule has 1 radical (unpaired) electrons. The lowest BCUT2D eigenvalue weighted by atomic mass is 9.51. The van der Waals surface area contributed by atoms with E-state index in [1.54, 1.807) is 32.1 Å². The van der Waals surface area contributed by atoms with Crippen LogP contribution in [0, 0.1) is 29.6 Å². The van der Waals surface area contributed by atoms with Crippen molar-refractivity contribution < 1.29 is 4.74 Å². The van der Waals surface area contributed by atoms with Crippen molar-refractivity contribution in [3.63, 3.8) is 0 Å². The number of ether oxygens (including phenoxy) is 1. The van der Waals surface area contributed by atoms with E-state index in [1.807, 2.05) is 13.0 Å². The van der Waals surface area contributed by atoms with Crippen molar-refractivity contribution >= 4 is 0 Å². The van der Waals surface area contributed by atoms with Crippen molar-refractivity contribution in [1.82, 2.24) is 0 Å². The van der Waals surface area contributed by atoms with Crippen molar-refractivity contribution in [2.75, 3.05) is 13.7 Å². The van der Waals surface area contributed by atoms with Gasteiger partial charge >= 0.3 is 0 Å². The second-order valence-corrected chi connectivity index (χ2v) is 6.33. The summed E-state index contributed by atoms with van der Waals surface area (Å²) in [5, 5.41) is 0. The number of hydrogen-bond donors (Lipinski definition) is 0. The Kier molecular flexibility index (Phi) is 3.24. The monoisotopic (exact) mass is 221 g/mol. The molecule has 0 saturated heterocycles. The standard InChI is InChI=1S/C15H25O/c1-16-5-3-2-4-15-13-7-11-6-12(9-13)10-14(15)8-11/h11-14H,2-10H2,1H3. The van der Waals surface area contributed by atoms with E-state index >= 15 is 0 Å². The Morgan fingerprint density at radius 3 is 2.12 bits per heavy atom. The van der Waals surface area contributed by atoms with Gasteiger partial charge in [0.2, 0.25) is 0 Å². The molecule has 4 rings (SSSR count). The fourth-order valence-electron chi connectivity index (χ4n) is 4.77. The van der Waals surface area contributed by atoms with E-state index < -0.39 is 0 Å². The van der Waals surface area contributed by atoms with Gasteiger partial charge < -0.3 is 4.74 Å². The number of unbranched alkanes of at least 4 members (excludes halogenated alkanes) is 1. The Balaban J connectivity index is 1.52. The normalized spacial score (nSPS) is 41.8. The SMILES string of the molecule is COCCCC[C]1C2CC3CC(C2)CC1C3. The molecule has 0 heterocycles. The van der Waals surface area contributed by atoms with Crippen molar-refractivity contribution in [1.29, 1.82) is 0 Å². The zero-order chi connectivity index (χ0) is 11.0. The van der Waals surface area contributed by atoms with Gasteiger partial charge in [0, 0.05) is 13.7 Å². The first kappa shape index (κ1) is 11.1. The minimum atomic E-state index is 0.952. The van der Waals surface area contributed by atoms with Crippen LogP contribution >= 0.6 is 0 Å². The summed E-state index contributed by atoms with van der Waals surface area (Å²) in [5.74, 6) is 6.29. The molecule has 1 nitrogen and oxygen atoms in total. The van der Waals surface area contributed by atoms with Crippen molar-refractivity contribution in [3.05, 3.63) is 5.92 Å². The molecule has 0 aliphatic heterocycles. The van der Waals surface area contributed by atoms with Gasteiger partial charge in [0.15, 0.2) is 0 Å². The third-order valence-electron chi connectivity index (χ3n) is 5.25. The molecule has 0 N–H and O–H groups in total. The lowest BCUT2D eigenvalue weighted by Gasteiger charge is -2.54. The van der Waals surface area contributed by atoms with Crippen LogP contribution in [0.25, 0.3) is 0 Å². The van der Waals surface area contributed by atoms with Crippen molar-refractivity contribution in [2.24, 2.45) is 23.7 Å².